The lowest BCUT2D eigenvalue weighted by Crippen LogP contribution is -2.16. The lowest BCUT2D eigenvalue weighted by atomic mass is 10.2. The number of rotatable bonds is 4. The Morgan fingerprint density at radius 1 is 1.18 bits per heavy atom. The summed E-state index contributed by atoms with van der Waals surface area (Å²) in [5, 5.41) is 13.9. The number of hydrogen-bond acceptors (Lipinski definition) is 4. The molecule has 22 heavy (non-hydrogen) atoms. The average Bonchev–Trinajstić information content (AvgIpc) is 2.47. The van der Waals surface area contributed by atoms with Crippen molar-refractivity contribution in [3.05, 3.63) is 63.2 Å². The van der Waals surface area contributed by atoms with Gasteiger partial charge in [0.25, 0.3) is 11.6 Å². The van der Waals surface area contributed by atoms with E-state index in [4.69, 9.17) is 11.6 Å². The third-order valence-corrected chi connectivity index (χ3v) is 3.26. The molecule has 0 aliphatic rings. The number of carbonyl (C=O) groups is 1. The summed E-state index contributed by atoms with van der Waals surface area (Å²) in [6.45, 7) is 0. The van der Waals surface area contributed by atoms with E-state index in [0.29, 0.717) is 16.3 Å². The van der Waals surface area contributed by atoms with E-state index in [1.54, 1.807) is 18.2 Å². The molecule has 0 aliphatic heterocycles. The zero-order chi connectivity index (χ0) is 16.3. The van der Waals surface area contributed by atoms with Crippen LogP contribution < -0.4 is 10.2 Å². The maximum absolute atomic E-state index is 12.2. The van der Waals surface area contributed by atoms with E-state index in [0.717, 1.165) is 5.69 Å². The zero-order valence-corrected chi connectivity index (χ0v) is 12.8. The summed E-state index contributed by atoms with van der Waals surface area (Å²) >= 11 is 5.96. The molecule has 114 valence electrons. The molecule has 1 N–H and O–H groups in total. The first-order valence-electron chi connectivity index (χ1n) is 6.41. The lowest BCUT2D eigenvalue weighted by Gasteiger charge is -2.18. The molecule has 6 nitrogen and oxygen atoms in total. The number of benzene rings is 2. The quantitative estimate of drug-likeness (QED) is 0.690. The van der Waals surface area contributed by atoms with Gasteiger partial charge in [0.05, 0.1) is 16.3 Å². The Bertz CT molecular complexity index is 714. The minimum absolute atomic E-state index is 0.0618. The Kier molecular flexibility index (Phi) is 4.62. The highest BCUT2D eigenvalue weighted by Gasteiger charge is 2.12. The maximum atomic E-state index is 12.2. The highest BCUT2D eigenvalue weighted by Crippen LogP contribution is 2.28. The van der Waals surface area contributed by atoms with E-state index < -0.39 is 4.92 Å². The van der Waals surface area contributed by atoms with Gasteiger partial charge in [0.15, 0.2) is 0 Å². The lowest BCUT2D eigenvalue weighted by molar-refractivity contribution is -0.384. The van der Waals surface area contributed by atoms with Gasteiger partial charge in [-0.15, -0.1) is 0 Å². The Morgan fingerprint density at radius 2 is 1.82 bits per heavy atom. The molecular weight excluding hydrogens is 306 g/mol. The topological polar surface area (TPSA) is 75.5 Å². The molecule has 0 radical (unpaired) electrons. The zero-order valence-electron chi connectivity index (χ0n) is 12.0. The van der Waals surface area contributed by atoms with Crippen LogP contribution in [0.1, 0.15) is 10.4 Å². The van der Waals surface area contributed by atoms with Crippen LogP contribution in [0.4, 0.5) is 17.1 Å². The third kappa shape index (κ3) is 3.53. The van der Waals surface area contributed by atoms with Crippen molar-refractivity contribution in [2.75, 3.05) is 24.3 Å². The van der Waals surface area contributed by atoms with Crippen molar-refractivity contribution in [2.45, 2.75) is 0 Å². The van der Waals surface area contributed by atoms with Crippen LogP contribution in [0.15, 0.2) is 42.5 Å². The second kappa shape index (κ2) is 6.44. The molecule has 1 amide bonds. The summed E-state index contributed by atoms with van der Waals surface area (Å²) in [6.07, 6.45) is 0. The minimum atomic E-state index is -0.511. The number of carbonyl (C=O) groups excluding carboxylic acids is 1. The highest BCUT2D eigenvalue weighted by atomic mass is 35.5. The SMILES string of the molecule is CN(C)c1ccc(Cl)cc1NC(=O)c1ccc([N+](=O)[O-])cc1. The smallest absolute Gasteiger partial charge is 0.269 e. The Hall–Kier alpha value is -2.60. The standard InChI is InChI=1S/C15H14ClN3O3/c1-18(2)14-8-5-11(16)9-13(14)17-15(20)10-3-6-12(7-4-10)19(21)22/h3-9H,1-2H3,(H,17,20). The predicted octanol–water partition coefficient (Wildman–Crippen LogP) is 3.57. The minimum Gasteiger partial charge on any atom is -0.376 e. The van der Waals surface area contributed by atoms with E-state index in [1.807, 2.05) is 19.0 Å². The fourth-order valence-corrected chi connectivity index (χ4v) is 2.10. The Labute approximate surface area is 132 Å². The molecule has 0 unspecified atom stereocenters. The van der Waals surface area contributed by atoms with Gasteiger partial charge in [-0.2, -0.15) is 0 Å². The van der Waals surface area contributed by atoms with Crippen LogP contribution in [0, 0.1) is 10.1 Å². The highest BCUT2D eigenvalue weighted by molar-refractivity contribution is 6.31. The number of nitro groups is 1. The van der Waals surface area contributed by atoms with Gasteiger partial charge in [-0.25, -0.2) is 0 Å². The van der Waals surface area contributed by atoms with Crippen molar-refractivity contribution < 1.29 is 9.72 Å². The molecule has 0 saturated carbocycles. The normalized spacial score (nSPS) is 10.1. The van der Waals surface area contributed by atoms with Crippen molar-refractivity contribution in [3.8, 4) is 0 Å². The summed E-state index contributed by atoms with van der Waals surface area (Å²) in [7, 11) is 3.70. The second-order valence-corrected chi connectivity index (χ2v) is 5.25. The van der Waals surface area contributed by atoms with Crippen molar-refractivity contribution in [1.82, 2.24) is 0 Å². The van der Waals surface area contributed by atoms with Gasteiger partial charge < -0.3 is 10.2 Å². The molecule has 0 aromatic heterocycles. The third-order valence-electron chi connectivity index (χ3n) is 3.03. The van der Waals surface area contributed by atoms with E-state index in [9.17, 15) is 14.9 Å². The summed E-state index contributed by atoms with van der Waals surface area (Å²) in [5.41, 5.74) is 1.64. The Balaban J connectivity index is 2.25. The van der Waals surface area contributed by atoms with Crippen LogP contribution >= 0.6 is 11.6 Å². The fraction of sp³-hybridized carbons (Fsp3) is 0.133. The van der Waals surface area contributed by atoms with Crippen LogP contribution in [0.5, 0.6) is 0 Å². The van der Waals surface area contributed by atoms with Crippen LogP contribution in [-0.2, 0) is 0 Å². The molecule has 0 bridgehead atoms. The van der Waals surface area contributed by atoms with Gasteiger partial charge >= 0.3 is 0 Å². The second-order valence-electron chi connectivity index (χ2n) is 4.81. The maximum Gasteiger partial charge on any atom is 0.269 e. The van der Waals surface area contributed by atoms with Crippen LogP contribution in [0.25, 0.3) is 0 Å². The Morgan fingerprint density at radius 3 is 2.36 bits per heavy atom. The monoisotopic (exact) mass is 319 g/mol. The molecule has 0 spiro atoms. The molecule has 0 aliphatic carbocycles. The molecule has 2 aromatic carbocycles. The number of nitrogens with zero attached hydrogens (tertiary/aromatic N) is 2. The predicted molar refractivity (Wildman–Crippen MR) is 86.8 cm³/mol. The fourth-order valence-electron chi connectivity index (χ4n) is 1.93. The summed E-state index contributed by atoms with van der Waals surface area (Å²) in [5.74, 6) is -0.361. The average molecular weight is 320 g/mol. The summed E-state index contributed by atoms with van der Waals surface area (Å²) < 4.78 is 0. The molecular formula is C15H14ClN3O3. The van der Waals surface area contributed by atoms with Crippen molar-refractivity contribution in [3.63, 3.8) is 0 Å². The summed E-state index contributed by atoms with van der Waals surface area (Å²) in [6, 6.07) is 10.6. The van der Waals surface area contributed by atoms with Crippen LogP contribution in [-0.4, -0.2) is 24.9 Å². The van der Waals surface area contributed by atoms with Gasteiger partial charge in [0.1, 0.15) is 0 Å². The first kappa shape index (κ1) is 15.8. The number of hydrogen-bond donors (Lipinski definition) is 1. The van der Waals surface area contributed by atoms with Gasteiger partial charge in [-0.3, -0.25) is 14.9 Å². The first-order valence-corrected chi connectivity index (χ1v) is 6.79. The molecule has 2 rings (SSSR count). The van der Waals surface area contributed by atoms with Crippen molar-refractivity contribution >= 4 is 34.6 Å². The number of anilines is 2. The number of halogens is 1. The molecule has 0 atom stereocenters. The van der Waals surface area contributed by atoms with E-state index >= 15 is 0 Å². The number of amides is 1. The number of nitrogens with one attached hydrogen (secondary N) is 1. The van der Waals surface area contributed by atoms with Gasteiger partial charge in [-0.1, -0.05) is 11.6 Å². The molecule has 7 heteroatoms. The van der Waals surface area contributed by atoms with Crippen molar-refractivity contribution in [2.24, 2.45) is 0 Å². The van der Waals surface area contributed by atoms with Gasteiger partial charge in [-0.05, 0) is 30.3 Å². The molecule has 2 aromatic rings. The van der Waals surface area contributed by atoms with Gasteiger partial charge in [0.2, 0.25) is 0 Å². The first-order chi connectivity index (χ1) is 10.4. The van der Waals surface area contributed by atoms with Crippen molar-refractivity contribution in [1.29, 1.82) is 0 Å². The van der Waals surface area contributed by atoms with Crippen LogP contribution in [0.2, 0.25) is 5.02 Å². The number of nitro benzene ring substituents is 1. The molecule has 0 saturated heterocycles. The van der Waals surface area contributed by atoms with E-state index in [-0.39, 0.29) is 11.6 Å². The van der Waals surface area contributed by atoms with Gasteiger partial charge in [0, 0.05) is 36.8 Å². The summed E-state index contributed by atoms with van der Waals surface area (Å²) in [4.78, 5) is 24.2. The largest absolute Gasteiger partial charge is 0.376 e. The van der Waals surface area contributed by atoms with E-state index in [1.165, 1.54) is 24.3 Å². The van der Waals surface area contributed by atoms with Crippen LogP contribution in [0.3, 0.4) is 0 Å². The molecule has 0 heterocycles. The van der Waals surface area contributed by atoms with E-state index in [2.05, 4.69) is 5.32 Å². The molecule has 0 fully saturated rings. The number of non-ortho nitro benzene ring substituents is 1.